The van der Waals surface area contributed by atoms with Gasteiger partial charge in [-0.3, -0.25) is 15.1 Å². The molecule has 1 aliphatic carbocycles. The summed E-state index contributed by atoms with van der Waals surface area (Å²) in [6.45, 7) is 5.31. The highest BCUT2D eigenvalue weighted by molar-refractivity contribution is 5.94. The molecule has 2 amide bonds. The molecular weight excluding hydrogens is 434 g/mol. The molecule has 1 fully saturated rings. The molecular formula is C25H29N5O4. The van der Waals surface area contributed by atoms with Crippen molar-refractivity contribution in [3.63, 3.8) is 0 Å². The van der Waals surface area contributed by atoms with Gasteiger partial charge in [-0.2, -0.15) is 0 Å². The Kier molecular flexibility index (Phi) is 7.20. The van der Waals surface area contributed by atoms with Gasteiger partial charge in [-0.25, -0.2) is 9.78 Å². The van der Waals surface area contributed by atoms with Crippen LogP contribution in [-0.2, 0) is 9.53 Å². The second kappa shape index (κ2) is 10.5. The Morgan fingerprint density at radius 3 is 2.59 bits per heavy atom. The van der Waals surface area contributed by atoms with Crippen LogP contribution in [0.5, 0.6) is 0 Å². The normalized spacial score (nSPS) is 14.9. The first kappa shape index (κ1) is 23.4. The van der Waals surface area contributed by atoms with Crippen LogP contribution in [0.2, 0.25) is 0 Å². The van der Waals surface area contributed by atoms with Crippen molar-refractivity contribution in [3.05, 3.63) is 53.6 Å². The van der Waals surface area contributed by atoms with Crippen LogP contribution in [-0.4, -0.2) is 27.1 Å². The summed E-state index contributed by atoms with van der Waals surface area (Å²) in [6.07, 6.45) is 7.43. The lowest BCUT2D eigenvalue weighted by Gasteiger charge is -2.21. The molecule has 0 unspecified atom stereocenters. The molecule has 1 saturated carbocycles. The molecule has 1 atom stereocenters. The Morgan fingerprint density at radius 2 is 1.88 bits per heavy atom. The van der Waals surface area contributed by atoms with Gasteiger partial charge in [0.2, 0.25) is 11.7 Å². The molecule has 0 radical (unpaired) electrons. The number of aryl methyl sites for hydroxylation is 2. The smallest absolute Gasteiger partial charge is 0.412 e. The number of pyridine rings is 2. The molecule has 178 valence electrons. The highest BCUT2D eigenvalue weighted by Gasteiger charge is 2.23. The summed E-state index contributed by atoms with van der Waals surface area (Å²) in [5.41, 5.74) is 3.46. The monoisotopic (exact) mass is 463 g/mol. The molecule has 3 aromatic rings. The summed E-state index contributed by atoms with van der Waals surface area (Å²) in [7, 11) is 0. The minimum absolute atomic E-state index is 0.0423. The van der Waals surface area contributed by atoms with Crippen LogP contribution >= 0.6 is 0 Å². The molecule has 0 aliphatic heterocycles. The second-order valence-electron chi connectivity index (χ2n) is 8.58. The number of amides is 2. The van der Waals surface area contributed by atoms with Gasteiger partial charge in [0.25, 0.3) is 0 Å². The Bertz CT molecular complexity index is 1160. The van der Waals surface area contributed by atoms with Gasteiger partial charge in [0.15, 0.2) is 0 Å². The van der Waals surface area contributed by atoms with E-state index in [2.05, 4.69) is 25.8 Å². The molecule has 0 aromatic carbocycles. The van der Waals surface area contributed by atoms with E-state index in [4.69, 9.17) is 9.26 Å². The number of carbonyl (C=O) groups excluding carboxylic acids is 2. The third-order valence-electron chi connectivity index (χ3n) is 6.08. The molecule has 3 aromatic heterocycles. The van der Waals surface area contributed by atoms with Crippen molar-refractivity contribution >= 4 is 23.4 Å². The van der Waals surface area contributed by atoms with Crippen molar-refractivity contribution in [1.29, 1.82) is 0 Å². The second-order valence-corrected chi connectivity index (χ2v) is 8.58. The minimum atomic E-state index is -0.642. The van der Waals surface area contributed by atoms with E-state index in [-0.39, 0.29) is 11.8 Å². The predicted molar refractivity (Wildman–Crippen MR) is 127 cm³/mol. The summed E-state index contributed by atoms with van der Waals surface area (Å²) in [5, 5.41) is 9.70. The topological polar surface area (TPSA) is 119 Å². The third-order valence-corrected chi connectivity index (χ3v) is 6.08. The number of ether oxygens (including phenoxy) is 1. The lowest BCUT2D eigenvalue weighted by Crippen LogP contribution is -2.25. The zero-order chi connectivity index (χ0) is 24.1. The fourth-order valence-electron chi connectivity index (χ4n) is 4.09. The van der Waals surface area contributed by atoms with Gasteiger partial charge in [0, 0.05) is 23.9 Å². The zero-order valence-corrected chi connectivity index (χ0v) is 19.6. The third kappa shape index (κ3) is 5.41. The number of nitrogens with zero attached hydrogens (tertiary/aromatic N) is 3. The van der Waals surface area contributed by atoms with Crippen LogP contribution < -0.4 is 10.6 Å². The van der Waals surface area contributed by atoms with E-state index < -0.39 is 12.2 Å². The minimum Gasteiger partial charge on any atom is -0.441 e. The highest BCUT2D eigenvalue weighted by atomic mass is 16.6. The van der Waals surface area contributed by atoms with Crippen molar-refractivity contribution in [3.8, 4) is 11.5 Å². The highest BCUT2D eigenvalue weighted by Crippen LogP contribution is 2.32. The molecule has 0 spiro atoms. The van der Waals surface area contributed by atoms with Crippen molar-refractivity contribution in [2.45, 2.75) is 59.0 Å². The maximum atomic E-state index is 12.6. The van der Waals surface area contributed by atoms with Gasteiger partial charge in [-0.05, 0) is 51.8 Å². The summed E-state index contributed by atoms with van der Waals surface area (Å²) in [5.74, 6) is 0.415. The van der Waals surface area contributed by atoms with Crippen LogP contribution in [0.1, 0.15) is 62.1 Å². The van der Waals surface area contributed by atoms with Crippen molar-refractivity contribution in [1.82, 2.24) is 15.1 Å². The van der Waals surface area contributed by atoms with Gasteiger partial charge < -0.3 is 14.6 Å². The number of anilines is 2. The number of nitrogens with one attached hydrogen (secondary N) is 2. The van der Waals surface area contributed by atoms with E-state index >= 15 is 0 Å². The molecule has 34 heavy (non-hydrogen) atoms. The van der Waals surface area contributed by atoms with Gasteiger partial charge in [0.1, 0.15) is 23.2 Å². The molecule has 3 heterocycles. The Labute approximate surface area is 198 Å². The Hall–Kier alpha value is -3.75. The molecule has 0 bridgehead atoms. The van der Waals surface area contributed by atoms with Crippen molar-refractivity contribution < 1.29 is 18.8 Å². The number of hydrogen-bond donors (Lipinski definition) is 2. The lowest BCUT2D eigenvalue weighted by atomic mass is 9.88. The maximum Gasteiger partial charge on any atom is 0.412 e. The fraction of sp³-hybridized carbons (Fsp3) is 0.400. The van der Waals surface area contributed by atoms with Crippen LogP contribution in [0, 0.1) is 19.8 Å². The standard InChI is InChI=1S/C25H29N5O4/c1-15-20(28-24(31)18-8-5-4-6-9-18)11-12-21(27-15)23-22(16(2)30-34-23)29-25(32)33-17(3)19-10-7-13-26-14-19/h7,10-14,17-18H,4-6,8-9H2,1-3H3,(H,28,31)(H,29,32)/t17-/m1/s1. The van der Waals surface area contributed by atoms with E-state index in [9.17, 15) is 9.59 Å². The van der Waals surface area contributed by atoms with E-state index in [0.29, 0.717) is 34.2 Å². The lowest BCUT2D eigenvalue weighted by molar-refractivity contribution is -0.120. The van der Waals surface area contributed by atoms with Crippen LogP contribution in [0.4, 0.5) is 16.2 Å². The number of hydrogen-bond acceptors (Lipinski definition) is 7. The van der Waals surface area contributed by atoms with Gasteiger partial charge >= 0.3 is 6.09 Å². The van der Waals surface area contributed by atoms with Gasteiger partial charge in [0.05, 0.1) is 11.4 Å². The SMILES string of the molecule is Cc1nc(-c2onc(C)c2NC(=O)O[C@H](C)c2cccnc2)ccc1NC(=O)C1CCCCC1. The molecule has 9 heteroatoms. The van der Waals surface area contributed by atoms with Crippen LogP contribution in [0.15, 0.2) is 41.2 Å². The van der Waals surface area contributed by atoms with E-state index in [1.54, 1.807) is 44.4 Å². The number of rotatable bonds is 6. The van der Waals surface area contributed by atoms with Gasteiger partial charge in [-0.1, -0.05) is 30.5 Å². The van der Waals surface area contributed by atoms with Gasteiger partial charge in [-0.15, -0.1) is 0 Å². The summed E-state index contributed by atoms with van der Waals surface area (Å²) >= 11 is 0. The average molecular weight is 464 g/mol. The van der Waals surface area contributed by atoms with Crippen molar-refractivity contribution in [2.75, 3.05) is 10.6 Å². The molecule has 1 aliphatic rings. The zero-order valence-electron chi connectivity index (χ0n) is 19.6. The Morgan fingerprint density at radius 1 is 1.09 bits per heavy atom. The quantitative estimate of drug-likeness (QED) is 0.490. The van der Waals surface area contributed by atoms with E-state index in [0.717, 1.165) is 31.2 Å². The maximum absolute atomic E-state index is 12.6. The molecule has 4 rings (SSSR count). The van der Waals surface area contributed by atoms with Crippen molar-refractivity contribution in [2.24, 2.45) is 5.92 Å². The number of carbonyl (C=O) groups is 2. The van der Waals surface area contributed by atoms with E-state index in [1.807, 2.05) is 13.0 Å². The first-order valence-corrected chi connectivity index (χ1v) is 11.5. The van der Waals surface area contributed by atoms with E-state index in [1.165, 1.54) is 6.42 Å². The molecule has 9 nitrogen and oxygen atoms in total. The van der Waals surface area contributed by atoms with Crippen LogP contribution in [0.3, 0.4) is 0 Å². The largest absolute Gasteiger partial charge is 0.441 e. The summed E-state index contributed by atoms with van der Waals surface area (Å²) in [4.78, 5) is 33.8. The molecule has 2 N–H and O–H groups in total. The molecule has 0 saturated heterocycles. The average Bonchev–Trinajstić information content (AvgIpc) is 3.21. The predicted octanol–water partition coefficient (Wildman–Crippen LogP) is 5.58. The fourth-order valence-corrected chi connectivity index (χ4v) is 4.09. The number of aromatic nitrogens is 3. The Balaban J connectivity index is 1.46. The summed E-state index contributed by atoms with van der Waals surface area (Å²) < 4.78 is 10.9. The summed E-state index contributed by atoms with van der Waals surface area (Å²) in [6, 6.07) is 7.15. The van der Waals surface area contributed by atoms with Crippen LogP contribution in [0.25, 0.3) is 11.5 Å². The first-order chi connectivity index (χ1) is 16.4. The first-order valence-electron chi connectivity index (χ1n) is 11.5.